The van der Waals surface area contributed by atoms with E-state index in [1.54, 1.807) is 0 Å². The Morgan fingerprint density at radius 3 is 2.38 bits per heavy atom. The topological polar surface area (TPSA) is 29.9 Å². The first-order valence-electron chi connectivity index (χ1n) is 4.74. The van der Waals surface area contributed by atoms with Gasteiger partial charge in [0.05, 0.1) is 11.7 Å². The third-order valence-corrected chi connectivity index (χ3v) is 2.60. The first-order chi connectivity index (χ1) is 6.07. The monoisotopic (exact) mass is 181 g/mol. The lowest BCUT2D eigenvalue weighted by Gasteiger charge is -2.13. The highest BCUT2D eigenvalue weighted by Gasteiger charge is 2.11. The molecule has 0 amide bonds. The molecular weight excluding hydrogens is 162 g/mol. The highest BCUT2D eigenvalue weighted by atomic mass is 15.3. The Balaban J connectivity index is 2.94. The van der Waals surface area contributed by atoms with E-state index in [-0.39, 0.29) is 0 Å². The Morgan fingerprint density at radius 1 is 1.38 bits per heavy atom. The van der Waals surface area contributed by atoms with E-state index in [2.05, 4.69) is 42.8 Å². The molecule has 1 unspecified atom stereocenters. The number of aromatic nitrogens is 2. The number of nitrogens with one attached hydrogen (secondary N) is 1. The van der Waals surface area contributed by atoms with E-state index in [1.165, 1.54) is 11.3 Å². The average molecular weight is 181 g/mol. The van der Waals surface area contributed by atoms with Crippen LogP contribution in [-0.2, 0) is 0 Å². The minimum atomic E-state index is 0.428. The number of hydrogen-bond donors (Lipinski definition) is 1. The summed E-state index contributed by atoms with van der Waals surface area (Å²) in [6.45, 7) is 9.45. The van der Waals surface area contributed by atoms with Crippen LogP contribution < -0.4 is 5.32 Å². The molecule has 0 aromatic carbocycles. The summed E-state index contributed by atoms with van der Waals surface area (Å²) >= 11 is 0. The van der Waals surface area contributed by atoms with Gasteiger partial charge >= 0.3 is 0 Å². The molecule has 1 heterocycles. The maximum atomic E-state index is 4.50. The van der Waals surface area contributed by atoms with Crippen molar-refractivity contribution in [2.75, 3.05) is 13.6 Å². The van der Waals surface area contributed by atoms with Crippen LogP contribution in [0.2, 0.25) is 0 Å². The van der Waals surface area contributed by atoms with Crippen LogP contribution in [0.1, 0.15) is 29.9 Å². The van der Waals surface area contributed by atoms with Gasteiger partial charge in [0.15, 0.2) is 0 Å². The standard InChI is InChI=1S/C10H19N3/c1-7(6-11-5)13-10(4)8(2)9(3)12-13/h7,11H,6H2,1-5H3. The Bertz CT molecular complexity index is 289. The fourth-order valence-electron chi connectivity index (χ4n) is 1.56. The van der Waals surface area contributed by atoms with E-state index in [0.717, 1.165) is 12.2 Å². The third-order valence-electron chi connectivity index (χ3n) is 2.60. The summed E-state index contributed by atoms with van der Waals surface area (Å²) in [6.07, 6.45) is 0. The third kappa shape index (κ3) is 1.91. The largest absolute Gasteiger partial charge is 0.318 e. The van der Waals surface area contributed by atoms with Gasteiger partial charge in [-0.05, 0) is 40.3 Å². The van der Waals surface area contributed by atoms with Gasteiger partial charge in [0, 0.05) is 12.2 Å². The van der Waals surface area contributed by atoms with Crippen molar-refractivity contribution < 1.29 is 0 Å². The Morgan fingerprint density at radius 2 is 2.00 bits per heavy atom. The molecule has 13 heavy (non-hydrogen) atoms. The number of hydrogen-bond acceptors (Lipinski definition) is 2. The summed E-state index contributed by atoms with van der Waals surface area (Å²) in [4.78, 5) is 0. The minimum absolute atomic E-state index is 0.428. The smallest absolute Gasteiger partial charge is 0.0625 e. The first kappa shape index (κ1) is 10.3. The number of likely N-dealkylation sites (N-methyl/N-ethyl adjacent to an activating group) is 1. The SMILES string of the molecule is CNCC(C)n1nc(C)c(C)c1C. The van der Waals surface area contributed by atoms with Crippen molar-refractivity contribution in [3.8, 4) is 0 Å². The molecule has 0 spiro atoms. The maximum Gasteiger partial charge on any atom is 0.0625 e. The molecule has 0 bridgehead atoms. The van der Waals surface area contributed by atoms with Gasteiger partial charge in [0.2, 0.25) is 0 Å². The van der Waals surface area contributed by atoms with Gasteiger partial charge in [0.25, 0.3) is 0 Å². The predicted octanol–water partition coefficient (Wildman–Crippen LogP) is 1.59. The average Bonchev–Trinajstić information content (AvgIpc) is 2.33. The molecule has 1 rings (SSSR count). The summed E-state index contributed by atoms with van der Waals surface area (Å²) in [5.41, 5.74) is 3.73. The molecule has 0 saturated heterocycles. The van der Waals surface area contributed by atoms with Crippen LogP contribution in [0, 0.1) is 20.8 Å². The van der Waals surface area contributed by atoms with Crippen molar-refractivity contribution in [2.45, 2.75) is 33.7 Å². The molecule has 0 saturated carbocycles. The zero-order valence-electron chi connectivity index (χ0n) is 9.18. The quantitative estimate of drug-likeness (QED) is 0.767. The normalized spacial score (nSPS) is 13.3. The summed E-state index contributed by atoms with van der Waals surface area (Å²) in [7, 11) is 1.97. The lowest BCUT2D eigenvalue weighted by atomic mass is 10.2. The molecular formula is C10H19N3. The molecule has 1 N–H and O–H groups in total. The Kier molecular flexibility index (Phi) is 3.09. The van der Waals surface area contributed by atoms with Gasteiger partial charge < -0.3 is 5.32 Å². The van der Waals surface area contributed by atoms with Crippen molar-refractivity contribution in [3.05, 3.63) is 17.0 Å². The van der Waals surface area contributed by atoms with Crippen molar-refractivity contribution >= 4 is 0 Å². The van der Waals surface area contributed by atoms with E-state index in [4.69, 9.17) is 0 Å². The molecule has 0 radical (unpaired) electrons. The van der Waals surface area contributed by atoms with Crippen LogP contribution in [0.4, 0.5) is 0 Å². The molecule has 0 fully saturated rings. The van der Waals surface area contributed by atoms with Crippen LogP contribution in [0.25, 0.3) is 0 Å². The maximum absolute atomic E-state index is 4.50. The fourth-order valence-corrected chi connectivity index (χ4v) is 1.56. The van der Waals surface area contributed by atoms with E-state index >= 15 is 0 Å². The zero-order chi connectivity index (χ0) is 10.0. The van der Waals surface area contributed by atoms with Crippen molar-refractivity contribution in [1.82, 2.24) is 15.1 Å². The second kappa shape index (κ2) is 3.92. The second-order valence-corrected chi connectivity index (χ2v) is 3.65. The van der Waals surface area contributed by atoms with Gasteiger partial charge in [-0.25, -0.2) is 0 Å². The van der Waals surface area contributed by atoms with Crippen molar-refractivity contribution in [1.29, 1.82) is 0 Å². The second-order valence-electron chi connectivity index (χ2n) is 3.65. The highest BCUT2D eigenvalue weighted by Crippen LogP contribution is 2.15. The minimum Gasteiger partial charge on any atom is -0.318 e. The predicted molar refractivity (Wildman–Crippen MR) is 55.1 cm³/mol. The molecule has 1 aromatic rings. The van der Waals surface area contributed by atoms with Gasteiger partial charge in [-0.1, -0.05) is 0 Å². The highest BCUT2D eigenvalue weighted by molar-refractivity contribution is 5.22. The van der Waals surface area contributed by atoms with Crippen molar-refractivity contribution in [2.24, 2.45) is 0 Å². The Hall–Kier alpha value is -0.830. The number of aryl methyl sites for hydroxylation is 1. The molecule has 1 atom stereocenters. The number of nitrogens with zero attached hydrogens (tertiary/aromatic N) is 2. The van der Waals surface area contributed by atoms with E-state index < -0.39 is 0 Å². The summed E-state index contributed by atoms with van der Waals surface area (Å²) < 4.78 is 2.10. The van der Waals surface area contributed by atoms with Gasteiger partial charge in [-0.3, -0.25) is 4.68 Å². The molecule has 3 heteroatoms. The molecule has 0 aliphatic carbocycles. The molecule has 3 nitrogen and oxygen atoms in total. The van der Waals surface area contributed by atoms with Crippen LogP contribution in [0.15, 0.2) is 0 Å². The zero-order valence-corrected chi connectivity index (χ0v) is 9.18. The van der Waals surface area contributed by atoms with Crippen LogP contribution in [-0.4, -0.2) is 23.4 Å². The van der Waals surface area contributed by atoms with Gasteiger partial charge in [-0.15, -0.1) is 0 Å². The molecule has 0 aliphatic rings. The van der Waals surface area contributed by atoms with Crippen LogP contribution in [0.5, 0.6) is 0 Å². The summed E-state index contributed by atoms with van der Waals surface area (Å²) in [6, 6.07) is 0.428. The summed E-state index contributed by atoms with van der Waals surface area (Å²) in [5.74, 6) is 0. The molecule has 0 aliphatic heterocycles. The van der Waals surface area contributed by atoms with E-state index in [0.29, 0.717) is 6.04 Å². The van der Waals surface area contributed by atoms with Crippen LogP contribution >= 0.6 is 0 Å². The fraction of sp³-hybridized carbons (Fsp3) is 0.700. The van der Waals surface area contributed by atoms with E-state index in [9.17, 15) is 0 Å². The number of rotatable bonds is 3. The van der Waals surface area contributed by atoms with Gasteiger partial charge in [-0.2, -0.15) is 5.10 Å². The molecule has 1 aromatic heterocycles. The Labute approximate surface area is 80.1 Å². The van der Waals surface area contributed by atoms with Crippen molar-refractivity contribution in [3.63, 3.8) is 0 Å². The summed E-state index contributed by atoms with van der Waals surface area (Å²) in [5, 5.41) is 7.67. The lowest BCUT2D eigenvalue weighted by molar-refractivity contribution is 0.459. The first-order valence-corrected chi connectivity index (χ1v) is 4.74. The van der Waals surface area contributed by atoms with Crippen LogP contribution in [0.3, 0.4) is 0 Å². The van der Waals surface area contributed by atoms with E-state index in [1.807, 2.05) is 7.05 Å². The lowest BCUT2D eigenvalue weighted by Crippen LogP contribution is -2.21. The van der Waals surface area contributed by atoms with Gasteiger partial charge in [0.1, 0.15) is 0 Å². The molecule has 74 valence electrons.